The molecule has 4 heteroatoms. The molecule has 1 spiro atoms. The van der Waals surface area contributed by atoms with E-state index in [2.05, 4.69) is 31.0 Å². The summed E-state index contributed by atoms with van der Waals surface area (Å²) in [6.45, 7) is 11.1. The van der Waals surface area contributed by atoms with Crippen molar-refractivity contribution in [1.29, 1.82) is 0 Å². The van der Waals surface area contributed by atoms with Crippen LogP contribution in [0.25, 0.3) is 0 Å². The van der Waals surface area contributed by atoms with E-state index in [4.69, 9.17) is 4.99 Å². The molecule has 1 N–H and O–H groups in total. The van der Waals surface area contributed by atoms with E-state index in [9.17, 15) is 0 Å². The van der Waals surface area contributed by atoms with Gasteiger partial charge in [0.1, 0.15) is 0 Å². The third kappa shape index (κ3) is 4.12. The molecule has 19 heavy (non-hydrogen) atoms. The van der Waals surface area contributed by atoms with Crippen molar-refractivity contribution < 1.29 is 0 Å². The van der Waals surface area contributed by atoms with Gasteiger partial charge in [0.15, 0.2) is 5.17 Å². The summed E-state index contributed by atoms with van der Waals surface area (Å²) in [6.07, 6.45) is 5.41. The molecule has 1 aliphatic heterocycles. The molecule has 0 amide bonds. The Morgan fingerprint density at radius 3 is 2.63 bits per heavy atom. The Morgan fingerprint density at radius 2 is 2.00 bits per heavy atom. The van der Waals surface area contributed by atoms with Crippen LogP contribution in [0.3, 0.4) is 0 Å². The minimum Gasteiger partial charge on any atom is -0.359 e. The summed E-state index contributed by atoms with van der Waals surface area (Å²) in [6, 6.07) is 0. The van der Waals surface area contributed by atoms with Crippen LogP contribution in [-0.4, -0.2) is 47.5 Å². The van der Waals surface area contributed by atoms with E-state index >= 15 is 0 Å². The van der Waals surface area contributed by atoms with Crippen LogP contribution in [0.2, 0.25) is 0 Å². The van der Waals surface area contributed by atoms with Gasteiger partial charge in [-0.1, -0.05) is 32.5 Å². The molecule has 2 aliphatic rings. The first-order valence-electron chi connectivity index (χ1n) is 7.85. The van der Waals surface area contributed by atoms with Crippen molar-refractivity contribution in [3.8, 4) is 0 Å². The molecule has 1 saturated carbocycles. The van der Waals surface area contributed by atoms with Crippen molar-refractivity contribution in [2.75, 3.05) is 31.9 Å². The summed E-state index contributed by atoms with van der Waals surface area (Å²) in [5.41, 5.74) is 0.380. The Bertz CT molecular complexity index is 305. The van der Waals surface area contributed by atoms with Crippen LogP contribution in [-0.2, 0) is 0 Å². The molecule has 1 saturated heterocycles. The van der Waals surface area contributed by atoms with Crippen molar-refractivity contribution >= 4 is 16.9 Å². The Morgan fingerprint density at radius 1 is 1.32 bits per heavy atom. The largest absolute Gasteiger partial charge is 0.359 e. The van der Waals surface area contributed by atoms with E-state index in [0.29, 0.717) is 5.54 Å². The molecule has 110 valence electrons. The van der Waals surface area contributed by atoms with Crippen LogP contribution in [0.4, 0.5) is 0 Å². The highest BCUT2D eigenvalue weighted by Crippen LogP contribution is 2.38. The van der Waals surface area contributed by atoms with Crippen LogP contribution in [0.5, 0.6) is 0 Å². The maximum atomic E-state index is 4.75. The predicted octanol–water partition coefficient (Wildman–Crippen LogP) is 2.97. The summed E-state index contributed by atoms with van der Waals surface area (Å²) < 4.78 is 0. The minimum absolute atomic E-state index is 0.380. The summed E-state index contributed by atoms with van der Waals surface area (Å²) >= 11 is 1.94. The fourth-order valence-electron chi connectivity index (χ4n) is 3.01. The van der Waals surface area contributed by atoms with Crippen LogP contribution in [0, 0.1) is 5.92 Å². The van der Waals surface area contributed by atoms with Gasteiger partial charge >= 0.3 is 0 Å². The molecule has 0 atom stereocenters. The smallest absolute Gasteiger partial charge is 0.157 e. The van der Waals surface area contributed by atoms with Gasteiger partial charge in [-0.3, -0.25) is 4.99 Å². The van der Waals surface area contributed by atoms with Gasteiger partial charge in [0, 0.05) is 17.8 Å². The maximum absolute atomic E-state index is 4.75. The normalized spacial score (nSPS) is 33.3. The standard InChI is InChI=1S/C15H29N3S/c1-4-18(5-2)11-10-16-14-17-15(12-19-14)8-6-13(3)7-9-15/h13H,4-12H2,1-3H3,(H,16,17). The topological polar surface area (TPSA) is 27.6 Å². The molecule has 1 heterocycles. The van der Waals surface area contributed by atoms with Crippen molar-refractivity contribution in [3.05, 3.63) is 0 Å². The van der Waals surface area contributed by atoms with E-state index in [1.165, 1.54) is 36.6 Å². The number of thioether (sulfide) groups is 1. The number of hydrogen-bond acceptors (Lipinski definition) is 3. The average molecular weight is 283 g/mol. The van der Waals surface area contributed by atoms with Crippen LogP contribution in [0.1, 0.15) is 46.5 Å². The van der Waals surface area contributed by atoms with Gasteiger partial charge in [0.25, 0.3) is 0 Å². The van der Waals surface area contributed by atoms with Crippen molar-refractivity contribution in [1.82, 2.24) is 10.2 Å². The zero-order valence-electron chi connectivity index (χ0n) is 12.7. The molecule has 0 radical (unpaired) electrons. The quantitative estimate of drug-likeness (QED) is 0.840. The van der Waals surface area contributed by atoms with Gasteiger partial charge in [-0.25, -0.2) is 0 Å². The first-order valence-corrected chi connectivity index (χ1v) is 8.84. The van der Waals surface area contributed by atoms with Crippen molar-refractivity contribution in [2.45, 2.75) is 52.0 Å². The number of hydrogen-bond donors (Lipinski definition) is 1. The second-order valence-corrected chi connectivity index (χ2v) is 7.05. The van der Waals surface area contributed by atoms with E-state index < -0.39 is 0 Å². The zero-order valence-corrected chi connectivity index (χ0v) is 13.6. The molecule has 0 unspecified atom stereocenters. The van der Waals surface area contributed by atoms with Crippen LogP contribution in [0.15, 0.2) is 4.99 Å². The number of rotatable bonds is 5. The zero-order chi connectivity index (χ0) is 13.7. The third-order valence-corrected chi connectivity index (χ3v) is 5.86. The first kappa shape index (κ1) is 15.2. The summed E-state index contributed by atoms with van der Waals surface area (Å²) in [7, 11) is 0. The Hall–Kier alpha value is -0.220. The summed E-state index contributed by atoms with van der Waals surface area (Å²) in [5.74, 6) is 2.14. The predicted molar refractivity (Wildman–Crippen MR) is 86.0 cm³/mol. The second kappa shape index (κ2) is 6.98. The van der Waals surface area contributed by atoms with Gasteiger partial charge in [-0.2, -0.15) is 0 Å². The van der Waals surface area contributed by atoms with Gasteiger partial charge in [0.05, 0.1) is 6.54 Å². The highest BCUT2D eigenvalue weighted by Gasteiger charge is 2.39. The molecule has 0 aromatic rings. The minimum atomic E-state index is 0.380. The second-order valence-electron chi connectivity index (χ2n) is 6.09. The molecule has 0 aromatic heterocycles. The SMILES string of the molecule is CCN(CC)CCN=C1NC2(CCC(C)CC2)CS1. The molecule has 1 aliphatic carbocycles. The van der Waals surface area contributed by atoms with E-state index in [1.807, 2.05) is 11.8 Å². The van der Waals surface area contributed by atoms with Crippen LogP contribution < -0.4 is 5.32 Å². The fourth-order valence-corrected chi connectivity index (χ4v) is 4.25. The Labute approximate surface area is 122 Å². The van der Waals surface area contributed by atoms with Crippen LogP contribution >= 0.6 is 11.8 Å². The lowest BCUT2D eigenvalue weighted by Crippen LogP contribution is -2.46. The Balaban J connectivity index is 1.78. The highest BCUT2D eigenvalue weighted by molar-refractivity contribution is 8.14. The number of amidine groups is 1. The Kier molecular flexibility index (Phi) is 5.58. The number of nitrogens with one attached hydrogen (secondary N) is 1. The first-order chi connectivity index (χ1) is 9.17. The number of likely N-dealkylation sites (N-methyl/N-ethyl adjacent to an activating group) is 1. The lowest BCUT2D eigenvalue weighted by atomic mass is 9.78. The number of aliphatic imine (C=N–C) groups is 1. The maximum Gasteiger partial charge on any atom is 0.157 e. The van der Waals surface area contributed by atoms with Gasteiger partial charge in [-0.05, 0) is 44.7 Å². The van der Waals surface area contributed by atoms with E-state index in [1.54, 1.807) is 0 Å². The molecular weight excluding hydrogens is 254 g/mol. The molecule has 0 bridgehead atoms. The van der Waals surface area contributed by atoms with Crippen molar-refractivity contribution in [2.24, 2.45) is 10.9 Å². The van der Waals surface area contributed by atoms with Crippen molar-refractivity contribution in [3.63, 3.8) is 0 Å². The van der Waals surface area contributed by atoms with E-state index in [0.717, 1.165) is 32.1 Å². The van der Waals surface area contributed by atoms with Gasteiger partial charge < -0.3 is 10.2 Å². The molecule has 3 nitrogen and oxygen atoms in total. The monoisotopic (exact) mass is 283 g/mol. The van der Waals surface area contributed by atoms with Gasteiger partial charge in [0.2, 0.25) is 0 Å². The molecule has 2 rings (SSSR count). The lowest BCUT2D eigenvalue weighted by molar-refractivity contribution is 0.250. The lowest BCUT2D eigenvalue weighted by Gasteiger charge is -2.35. The fraction of sp³-hybridized carbons (Fsp3) is 0.933. The summed E-state index contributed by atoms with van der Waals surface area (Å²) in [5, 5.41) is 4.93. The molecule has 0 aromatic carbocycles. The van der Waals surface area contributed by atoms with Gasteiger partial charge in [-0.15, -0.1) is 0 Å². The number of nitrogens with zero attached hydrogens (tertiary/aromatic N) is 2. The third-order valence-electron chi connectivity index (χ3n) is 4.65. The molecule has 2 fully saturated rings. The van der Waals surface area contributed by atoms with E-state index in [-0.39, 0.29) is 0 Å². The molecular formula is C15H29N3S. The summed E-state index contributed by atoms with van der Waals surface area (Å²) in [4.78, 5) is 7.19. The average Bonchev–Trinajstić information content (AvgIpc) is 2.82. The highest BCUT2D eigenvalue weighted by atomic mass is 32.2.